The van der Waals surface area contributed by atoms with Gasteiger partial charge in [-0.3, -0.25) is 0 Å². The highest BCUT2D eigenvalue weighted by Gasteiger charge is 1.94. The molecule has 0 fully saturated rings. The SMILES string of the molecule is C/C(=C\Cc1ccccc1)CCOCc1ccccc1. The molecule has 20 heavy (non-hydrogen) atoms. The molecule has 0 atom stereocenters. The zero-order valence-corrected chi connectivity index (χ0v) is 12.1. The van der Waals surface area contributed by atoms with Crippen LogP contribution in [0.4, 0.5) is 0 Å². The van der Waals surface area contributed by atoms with Gasteiger partial charge in [-0.2, -0.15) is 0 Å². The van der Waals surface area contributed by atoms with E-state index in [4.69, 9.17) is 4.74 Å². The van der Waals surface area contributed by atoms with E-state index in [1.807, 2.05) is 18.2 Å². The van der Waals surface area contributed by atoms with Crippen molar-refractivity contribution in [3.8, 4) is 0 Å². The van der Waals surface area contributed by atoms with Crippen LogP contribution in [0.2, 0.25) is 0 Å². The molecule has 0 radical (unpaired) electrons. The monoisotopic (exact) mass is 266 g/mol. The van der Waals surface area contributed by atoms with E-state index >= 15 is 0 Å². The predicted octanol–water partition coefficient (Wildman–Crippen LogP) is 4.78. The van der Waals surface area contributed by atoms with E-state index in [9.17, 15) is 0 Å². The first kappa shape index (κ1) is 14.5. The molecule has 0 saturated carbocycles. The van der Waals surface area contributed by atoms with Crippen molar-refractivity contribution in [3.63, 3.8) is 0 Å². The van der Waals surface area contributed by atoms with Crippen molar-refractivity contribution >= 4 is 0 Å². The summed E-state index contributed by atoms with van der Waals surface area (Å²) in [7, 11) is 0. The normalized spacial score (nSPS) is 11.6. The summed E-state index contributed by atoms with van der Waals surface area (Å²) in [5, 5.41) is 0. The molecule has 1 heteroatoms. The summed E-state index contributed by atoms with van der Waals surface area (Å²) in [6.45, 7) is 3.66. The number of ether oxygens (including phenoxy) is 1. The Bertz CT molecular complexity index is 514. The van der Waals surface area contributed by atoms with E-state index in [1.165, 1.54) is 16.7 Å². The molecular formula is C19H22O. The minimum absolute atomic E-state index is 0.701. The van der Waals surface area contributed by atoms with Crippen LogP contribution in [-0.2, 0) is 17.8 Å². The van der Waals surface area contributed by atoms with Crippen molar-refractivity contribution in [2.24, 2.45) is 0 Å². The number of allylic oxidation sites excluding steroid dienone is 1. The molecule has 104 valence electrons. The summed E-state index contributed by atoms with van der Waals surface area (Å²) in [6, 6.07) is 20.9. The lowest BCUT2D eigenvalue weighted by molar-refractivity contribution is 0.124. The number of benzene rings is 2. The van der Waals surface area contributed by atoms with Crippen LogP contribution < -0.4 is 0 Å². The molecule has 0 aliphatic heterocycles. The summed E-state index contributed by atoms with van der Waals surface area (Å²) in [4.78, 5) is 0. The Labute approximate surface area is 121 Å². The molecule has 0 aliphatic rings. The van der Waals surface area contributed by atoms with Crippen molar-refractivity contribution in [1.29, 1.82) is 0 Å². The van der Waals surface area contributed by atoms with Crippen LogP contribution in [0.1, 0.15) is 24.5 Å². The third-order valence-corrected chi connectivity index (χ3v) is 3.28. The van der Waals surface area contributed by atoms with Gasteiger partial charge in [0.25, 0.3) is 0 Å². The van der Waals surface area contributed by atoms with Crippen LogP contribution in [0.25, 0.3) is 0 Å². The average molecular weight is 266 g/mol. The molecule has 0 aromatic heterocycles. The van der Waals surface area contributed by atoms with Crippen molar-refractivity contribution in [1.82, 2.24) is 0 Å². The van der Waals surface area contributed by atoms with Gasteiger partial charge in [-0.05, 0) is 30.9 Å². The first-order valence-electron chi connectivity index (χ1n) is 7.16. The largest absolute Gasteiger partial charge is 0.376 e. The Morgan fingerprint density at radius 2 is 1.50 bits per heavy atom. The summed E-state index contributed by atoms with van der Waals surface area (Å²) in [5.74, 6) is 0. The van der Waals surface area contributed by atoms with Gasteiger partial charge in [-0.25, -0.2) is 0 Å². The van der Waals surface area contributed by atoms with Gasteiger partial charge in [0.2, 0.25) is 0 Å². The molecule has 2 aromatic carbocycles. The summed E-state index contributed by atoms with van der Waals surface area (Å²) < 4.78 is 5.70. The molecule has 0 unspecified atom stereocenters. The zero-order chi connectivity index (χ0) is 14.0. The van der Waals surface area contributed by atoms with Crippen LogP contribution in [0.15, 0.2) is 72.3 Å². The van der Waals surface area contributed by atoms with Crippen LogP contribution in [0.5, 0.6) is 0 Å². The molecule has 1 nitrogen and oxygen atoms in total. The Balaban J connectivity index is 1.66. The van der Waals surface area contributed by atoms with E-state index in [1.54, 1.807) is 0 Å². The molecule has 0 N–H and O–H groups in total. The molecule has 0 heterocycles. The van der Waals surface area contributed by atoms with E-state index in [0.717, 1.165) is 19.4 Å². The lowest BCUT2D eigenvalue weighted by atomic mass is 10.1. The van der Waals surface area contributed by atoms with Crippen LogP contribution in [-0.4, -0.2) is 6.61 Å². The Hall–Kier alpha value is -1.86. The lowest BCUT2D eigenvalue weighted by Gasteiger charge is -2.05. The maximum atomic E-state index is 5.70. The third kappa shape index (κ3) is 5.41. The molecule has 0 aliphatic carbocycles. The second kappa shape index (κ2) is 8.34. The minimum Gasteiger partial charge on any atom is -0.376 e. The second-order valence-electron chi connectivity index (χ2n) is 5.03. The van der Waals surface area contributed by atoms with Crippen molar-refractivity contribution < 1.29 is 4.74 Å². The average Bonchev–Trinajstić information content (AvgIpc) is 2.52. The molecule has 0 amide bonds. The van der Waals surface area contributed by atoms with Crippen LogP contribution in [0.3, 0.4) is 0 Å². The molecule has 0 bridgehead atoms. The van der Waals surface area contributed by atoms with Gasteiger partial charge in [0, 0.05) is 0 Å². The van der Waals surface area contributed by atoms with E-state index in [2.05, 4.69) is 55.5 Å². The zero-order valence-electron chi connectivity index (χ0n) is 12.1. The highest BCUT2D eigenvalue weighted by atomic mass is 16.5. The number of hydrogen-bond donors (Lipinski definition) is 0. The smallest absolute Gasteiger partial charge is 0.0717 e. The van der Waals surface area contributed by atoms with Gasteiger partial charge >= 0.3 is 0 Å². The van der Waals surface area contributed by atoms with Crippen LogP contribution in [0, 0.1) is 0 Å². The van der Waals surface area contributed by atoms with Crippen molar-refractivity contribution in [2.45, 2.75) is 26.4 Å². The third-order valence-electron chi connectivity index (χ3n) is 3.28. The first-order valence-corrected chi connectivity index (χ1v) is 7.16. The fraction of sp³-hybridized carbons (Fsp3) is 0.263. The molecule has 2 rings (SSSR count). The quantitative estimate of drug-likeness (QED) is 0.517. The van der Waals surface area contributed by atoms with Gasteiger partial charge < -0.3 is 4.74 Å². The Morgan fingerprint density at radius 1 is 0.900 bits per heavy atom. The molecule has 0 saturated heterocycles. The fourth-order valence-corrected chi connectivity index (χ4v) is 2.01. The topological polar surface area (TPSA) is 9.23 Å². The van der Waals surface area contributed by atoms with Gasteiger partial charge in [-0.1, -0.05) is 72.3 Å². The minimum atomic E-state index is 0.701. The maximum absolute atomic E-state index is 5.70. The predicted molar refractivity (Wildman–Crippen MR) is 84.6 cm³/mol. The van der Waals surface area contributed by atoms with Crippen molar-refractivity contribution in [2.75, 3.05) is 6.61 Å². The summed E-state index contributed by atoms with van der Waals surface area (Å²) >= 11 is 0. The molecule has 2 aromatic rings. The lowest BCUT2D eigenvalue weighted by Crippen LogP contribution is -1.96. The van der Waals surface area contributed by atoms with E-state index in [0.29, 0.717) is 6.61 Å². The molecule has 0 spiro atoms. The van der Waals surface area contributed by atoms with Crippen molar-refractivity contribution in [3.05, 3.63) is 83.4 Å². The van der Waals surface area contributed by atoms with Gasteiger partial charge in [0.15, 0.2) is 0 Å². The number of rotatable bonds is 7. The van der Waals surface area contributed by atoms with Gasteiger partial charge in [0.1, 0.15) is 0 Å². The number of hydrogen-bond acceptors (Lipinski definition) is 1. The Kier molecular flexibility index (Phi) is 6.07. The Morgan fingerprint density at radius 3 is 2.15 bits per heavy atom. The fourth-order valence-electron chi connectivity index (χ4n) is 2.01. The van der Waals surface area contributed by atoms with Crippen LogP contribution >= 0.6 is 0 Å². The standard InChI is InChI=1S/C19H22O/c1-17(12-13-18-8-4-2-5-9-18)14-15-20-16-19-10-6-3-7-11-19/h2-12H,13-16H2,1H3/b17-12+. The van der Waals surface area contributed by atoms with Gasteiger partial charge in [-0.15, -0.1) is 0 Å². The van der Waals surface area contributed by atoms with E-state index < -0.39 is 0 Å². The highest BCUT2D eigenvalue weighted by molar-refractivity contribution is 5.18. The highest BCUT2D eigenvalue weighted by Crippen LogP contribution is 2.07. The maximum Gasteiger partial charge on any atom is 0.0717 e. The molecular weight excluding hydrogens is 244 g/mol. The van der Waals surface area contributed by atoms with Gasteiger partial charge in [0.05, 0.1) is 13.2 Å². The van der Waals surface area contributed by atoms with E-state index in [-0.39, 0.29) is 0 Å². The second-order valence-corrected chi connectivity index (χ2v) is 5.03. The summed E-state index contributed by atoms with van der Waals surface area (Å²) in [6.07, 6.45) is 4.30. The summed E-state index contributed by atoms with van der Waals surface area (Å²) in [5.41, 5.74) is 3.98. The first-order chi connectivity index (χ1) is 9.84.